The van der Waals surface area contributed by atoms with Crippen LogP contribution in [-0.4, -0.2) is 34.4 Å². The highest BCUT2D eigenvalue weighted by Crippen LogP contribution is 2.31. The molecule has 0 spiro atoms. The van der Waals surface area contributed by atoms with Gasteiger partial charge in [0.15, 0.2) is 0 Å². The molecule has 7 nitrogen and oxygen atoms in total. The molecule has 1 aliphatic rings. The van der Waals surface area contributed by atoms with Crippen molar-refractivity contribution >= 4 is 5.69 Å². The smallest absolute Gasteiger partial charge is 0.353 e. The Bertz CT molecular complexity index is 452. The Morgan fingerprint density at radius 2 is 2.21 bits per heavy atom. The van der Waals surface area contributed by atoms with E-state index in [0.717, 1.165) is 25.9 Å². The van der Waals surface area contributed by atoms with Crippen LogP contribution in [0.1, 0.15) is 25.5 Å². The third-order valence-corrected chi connectivity index (χ3v) is 3.45. The van der Waals surface area contributed by atoms with Crippen LogP contribution in [-0.2, 0) is 6.54 Å². The number of aryl methyl sites for hydroxylation is 2. The van der Waals surface area contributed by atoms with Gasteiger partial charge in [-0.2, -0.15) is 5.10 Å². The number of nitrogens with one attached hydrogen (secondary N) is 1. The predicted octanol–water partition coefficient (Wildman–Crippen LogP) is 1.50. The number of nitrogens with zero attached hydrogens (tertiary/aromatic N) is 3. The van der Waals surface area contributed by atoms with Crippen LogP contribution in [0.25, 0.3) is 0 Å². The Labute approximate surface area is 112 Å². The molecule has 0 saturated carbocycles. The monoisotopic (exact) mass is 268 g/mol. The van der Waals surface area contributed by atoms with Gasteiger partial charge in [0.05, 0.1) is 11.5 Å². The molecule has 7 heteroatoms. The Morgan fingerprint density at radius 3 is 2.79 bits per heavy atom. The Morgan fingerprint density at radius 1 is 1.53 bits per heavy atom. The average molecular weight is 268 g/mol. The van der Waals surface area contributed by atoms with E-state index in [4.69, 9.17) is 4.74 Å². The fourth-order valence-corrected chi connectivity index (χ4v) is 2.36. The Kier molecular flexibility index (Phi) is 4.36. The van der Waals surface area contributed by atoms with Crippen molar-refractivity contribution < 1.29 is 9.66 Å². The van der Waals surface area contributed by atoms with Gasteiger partial charge in [0, 0.05) is 6.54 Å². The van der Waals surface area contributed by atoms with Crippen molar-refractivity contribution in [1.82, 2.24) is 15.1 Å². The van der Waals surface area contributed by atoms with Gasteiger partial charge in [-0.25, -0.2) is 4.68 Å². The van der Waals surface area contributed by atoms with Crippen molar-refractivity contribution in [2.45, 2.75) is 33.2 Å². The molecule has 0 atom stereocenters. The standard InChI is InChI=1S/C12H20N4O3/c1-3-15-12(11(16(17)18)9(2)14-15)19-8-10-4-6-13-7-5-10/h10,13H,3-8H2,1-2H3. The lowest BCUT2D eigenvalue weighted by atomic mass is 9.99. The van der Waals surface area contributed by atoms with Gasteiger partial charge < -0.3 is 10.1 Å². The number of hydrogen-bond acceptors (Lipinski definition) is 5. The molecule has 2 heterocycles. The molecule has 1 aromatic rings. The Balaban J connectivity index is 2.11. The minimum absolute atomic E-state index is 0.00390. The lowest BCUT2D eigenvalue weighted by Crippen LogP contribution is -2.30. The van der Waals surface area contributed by atoms with E-state index in [0.29, 0.717) is 30.6 Å². The van der Waals surface area contributed by atoms with Gasteiger partial charge in [-0.15, -0.1) is 0 Å². The van der Waals surface area contributed by atoms with Crippen LogP contribution in [0.4, 0.5) is 5.69 Å². The highest BCUT2D eigenvalue weighted by atomic mass is 16.6. The SMILES string of the molecule is CCn1nc(C)c([N+](=O)[O-])c1OCC1CCNCC1. The second-order valence-corrected chi connectivity index (χ2v) is 4.82. The molecule has 0 amide bonds. The highest BCUT2D eigenvalue weighted by molar-refractivity contribution is 5.45. The highest BCUT2D eigenvalue weighted by Gasteiger charge is 2.27. The summed E-state index contributed by atoms with van der Waals surface area (Å²) in [6.07, 6.45) is 2.10. The van der Waals surface area contributed by atoms with E-state index < -0.39 is 4.92 Å². The van der Waals surface area contributed by atoms with Crippen LogP contribution in [0.15, 0.2) is 0 Å². The lowest BCUT2D eigenvalue weighted by Gasteiger charge is -2.22. The van der Waals surface area contributed by atoms with Crippen molar-refractivity contribution in [3.63, 3.8) is 0 Å². The van der Waals surface area contributed by atoms with E-state index in [9.17, 15) is 10.1 Å². The fraction of sp³-hybridized carbons (Fsp3) is 0.750. The van der Waals surface area contributed by atoms with Gasteiger partial charge >= 0.3 is 5.69 Å². The van der Waals surface area contributed by atoms with Crippen LogP contribution in [0.2, 0.25) is 0 Å². The van der Waals surface area contributed by atoms with E-state index in [2.05, 4.69) is 10.4 Å². The fourth-order valence-electron chi connectivity index (χ4n) is 2.36. The van der Waals surface area contributed by atoms with E-state index >= 15 is 0 Å². The molecule has 1 saturated heterocycles. The van der Waals surface area contributed by atoms with Crippen molar-refractivity contribution in [3.05, 3.63) is 15.8 Å². The summed E-state index contributed by atoms with van der Waals surface area (Å²) < 4.78 is 7.28. The first-order valence-corrected chi connectivity index (χ1v) is 6.68. The van der Waals surface area contributed by atoms with Gasteiger partial charge in [0.1, 0.15) is 5.69 Å². The van der Waals surface area contributed by atoms with E-state index in [1.807, 2.05) is 6.92 Å². The number of rotatable bonds is 5. The first-order chi connectivity index (χ1) is 9.13. The minimum Gasteiger partial charge on any atom is -0.473 e. The molecule has 0 bridgehead atoms. The summed E-state index contributed by atoms with van der Waals surface area (Å²) in [5.41, 5.74) is 0.406. The molecule has 0 aromatic carbocycles. The molecule has 106 valence electrons. The zero-order chi connectivity index (χ0) is 13.8. The summed E-state index contributed by atoms with van der Waals surface area (Å²) in [4.78, 5) is 10.7. The summed E-state index contributed by atoms with van der Waals surface area (Å²) >= 11 is 0. The quantitative estimate of drug-likeness (QED) is 0.646. The maximum atomic E-state index is 11.1. The first-order valence-electron chi connectivity index (χ1n) is 6.68. The van der Waals surface area contributed by atoms with Gasteiger partial charge in [-0.3, -0.25) is 10.1 Å². The molecule has 1 N–H and O–H groups in total. The zero-order valence-corrected chi connectivity index (χ0v) is 11.4. The third kappa shape index (κ3) is 3.04. The normalized spacial score (nSPS) is 16.5. The summed E-state index contributed by atoms with van der Waals surface area (Å²) in [7, 11) is 0. The molecular weight excluding hydrogens is 248 g/mol. The molecule has 19 heavy (non-hydrogen) atoms. The van der Waals surface area contributed by atoms with Gasteiger partial charge in [0.2, 0.25) is 0 Å². The first kappa shape index (κ1) is 13.8. The minimum atomic E-state index is -0.410. The van der Waals surface area contributed by atoms with Crippen LogP contribution < -0.4 is 10.1 Å². The lowest BCUT2D eigenvalue weighted by molar-refractivity contribution is -0.386. The summed E-state index contributed by atoms with van der Waals surface area (Å²) in [5.74, 6) is 0.755. The second kappa shape index (κ2) is 6.01. The van der Waals surface area contributed by atoms with Crippen molar-refractivity contribution in [1.29, 1.82) is 0 Å². The van der Waals surface area contributed by atoms with Crippen molar-refractivity contribution in [2.75, 3.05) is 19.7 Å². The van der Waals surface area contributed by atoms with Crippen molar-refractivity contribution in [3.8, 4) is 5.88 Å². The predicted molar refractivity (Wildman–Crippen MR) is 70.4 cm³/mol. The number of aromatic nitrogens is 2. The van der Waals surface area contributed by atoms with Crippen LogP contribution in [0, 0.1) is 23.0 Å². The van der Waals surface area contributed by atoms with Gasteiger partial charge in [0.25, 0.3) is 5.88 Å². The van der Waals surface area contributed by atoms with Crippen molar-refractivity contribution in [2.24, 2.45) is 5.92 Å². The maximum Gasteiger partial charge on any atom is 0.353 e. The zero-order valence-electron chi connectivity index (χ0n) is 11.4. The summed E-state index contributed by atoms with van der Waals surface area (Å²) in [5, 5.41) is 18.5. The molecule has 0 unspecified atom stereocenters. The van der Waals surface area contributed by atoms with Crippen LogP contribution in [0.5, 0.6) is 5.88 Å². The Hall–Kier alpha value is -1.63. The average Bonchev–Trinajstić information content (AvgIpc) is 2.73. The number of hydrogen-bond donors (Lipinski definition) is 1. The van der Waals surface area contributed by atoms with E-state index in [1.165, 1.54) is 0 Å². The number of piperidine rings is 1. The number of nitro groups is 1. The molecule has 2 rings (SSSR count). The van der Waals surface area contributed by atoms with Gasteiger partial charge in [-0.05, 0) is 45.7 Å². The molecule has 1 aromatic heterocycles. The van der Waals surface area contributed by atoms with E-state index in [-0.39, 0.29) is 5.69 Å². The number of ether oxygens (including phenoxy) is 1. The third-order valence-electron chi connectivity index (χ3n) is 3.45. The topological polar surface area (TPSA) is 82.2 Å². The van der Waals surface area contributed by atoms with E-state index in [1.54, 1.807) is 11.6 Å². The molecule has 1 aliphatic heterocycles. The molecular formula is C12H20N4O3. The summed E-state index contributed by atoms with van der Waals surface area (Å²) in [6.45, 7) is 6.60. The van der Waals surface area contributed by atoms with Crippen LogP contribution in [0.3, 0.4) is 0 Å². The van der Waals surface area contributed by atoms with Gasteiger partial charge in [-0.1, -0.05) is 0 Å². The van der Waals surface area contributed by atoms with Crippen LogP contribution >= 0.6 is 0 Å². The maximum absolute atomic E-state index is 11.1. The largest absolute Gasteiger partial charge is 0.473 e. The summed E-state index contributed by atoms with van der Waals surface area (Å²) in [6, 6.07) is 0. The second-order valence-electron chi connectivity index (χ2n) is 4.82. The molecule has 0 radical (unpaired) electrons. The molecule has 1 fully saturated rings. The molecule has 0 aliphatic carbocycles.